The van der Waals surface area contributed by atoms with E-state index >= 15 is 0 Å². The van der Waals surface area contributed by atoms with Crippen LogP contribution in [0.2, 0.25) is 0 Å². The summed E-state index contributed by atoms with van der Waals surface area (Å²) in [4.78, 5) is 11.3. The maximum atomic E-state index is 11.3. The molecular weight excluding hydrogens is 232 g/mol. The van der Waals surface area contributed by atoms with Gasteiger partial charge in [-0.2, -0.15) is 0 Å². The van der Waals surface area contributed by atoms with E-state index in [-0.39, 0.29) is 24.6 Å². The van der Waals surface area contributed by atoms with Crippen LogP contribution in [0.4, 0.5) is 0 Å². The van der Waals surface area contributed by atoms with Crippen molar-refractivity contribution in [3.8, 4) is 0 Å². The lowest BCUT2D eigenvalue weighted by Gasteiger charge is -2.39. The van der Waals surface area contributed by atoms with E-state index in [2.05, 4.69) is 0 Å². The highest BCUT2D eigenvalue weighted by Crippen LogP contribution is 2.28. The minimum Gasteiger partial charge on any atom is -0.466 e. The van der Waals surface area contributed by atoms with Gasteiger partial charge in [-0.1, -0.05) is 0 Å². The molecule has 0 aliphatic carbocycles. The van der Waals surface area contributed by atoms with E-state index in [1.54, 1.807) is 6.92 Å². The molecular formula is C11H19ClO4. The second kappa shape index (κ2) is 5.84. The zero-order valence-electron chi connectivity index (χ0n) is 9.99. The van der Waals surface area contributed by atoms with Gasteiger partial charge in [-0.3, -0.25) is 4.79 Å². The van der Waals surface area contributed by atoms with Gasteiger partial charge in [-0.25, -0.2) is 0 Å². The maximum absolute atomic E-state index is 11.3. The molecule has 1 fully saturated rings. The van der Waals surface area contributed by atoms with Crippen LogP contribution in [0.15, 0.2) is 0 Å². The van der Waals surface area contributed by atoms with Crippen molar-refractivity contribution in [2.75, 3.05) is 12.5 Å². The van der Waals surface area contributed by atoms with Gasteiger partial charge >= 0.3 is 5.97 Å². The highest BCUT2D eigenvalue weighted by atomic mass is 35.5. The fourth-order valence-electron chi connectivity index (χ4n) is 1.85. The Morgan fingerprint density at radius 3 is 2.62 bits per heavy atom. The van der Waals surface area contributed by atoms with Crippen molar-refractivity contribution in [2.45, 2.75) is 51.6 Å². The van der Waals surface area contributed by atoms with Crippen molar-refractivity contribution in [3.63, 3.8) is 0 Å². The minimum atomic E-state index is -0.686. The van der Waals surface area contributed by atoms with Crippen LogP contribution in [-0.2, 0) is 19.0 Å². The van der Waals surface area contributed by atoms with Crippen LogP contribution < -0.4 is 0 Å². The smallest absolute Gasteiger partial charge is 0.308 e. The van der Waals surface area contributed by atoms with Crippen LogP contribution in [0.5, 0.6) is 0 Å². The molecule has 2 unspecified atom stereocenters. The molecule has 1 aliphatic heterocycles. The molecule has 16 heavy (non-hydrogen) atoms. The normalized spacial score (nSPS) is 28.8. The number of esters is 1. The molecule has 0 radical (unpaired) electrons. The number of hydrogen-bond acceptors (Lipinski definition) is 4. The summed E-state index contributed by atoms with van der Waals surface area (Å²) >= 11 is 5.77. The Morgan fingerprint density at radius 2 is 2.06 bits per heavy atom. The van der Waals surface area contributed by atoms with Gasteiger partial charge in [0.15, 0.2) is 5.79 Å². The lowest BCUT2D eigenvalue weighted by molar-refractivity contribution is -0.295. The third kappa shape index (κ3) is 4.28. The molecule has 4 nitrogen and oxygen atoms in total. The van der Waals surface area contributed by atoms with E-state index in [1.165, 1.54) is 0 Å². The minimum absolute atomic E-state index is 0.0650. The molecule has 1 aliphatic rings. The van der Waals surface area contributed by atoms with Crippen molar-refractivity contribution in [3.05, 3.63) is 0 Å². The van der Waals surface area contributed by atoms with Crippen LogP contribution >= 0.6 is 11.6 Å². The first-order valence-corrected chi connectivity index (χ1v) is 6.07. The van der Waals surface area contributed by atoms with E-state index in [9.17, 15) is 4.79 Å². The summed E-state index contributed by atoms with van der Waals surface area (Å²) in [6.07, 6.45) is 0.649. The van der Waals surface area contributed by atoms with Crippen LogP contribution in [0, 0.1) is 0 Å². The number of alkyl halides is 1. The first kappa shape index (κ1) is 13.7. The summed E-state index contributed by atoms with van der Waals surface area (Å²) < 4.78 is 16.1. The predicted molar refractivity (Wildman–Crippen MR) is 60.4 cm³/mol. The summed E-state index contributed by atoms with van der Waals surface area (Å²) in [6, 6.07) is 0. The fraction of sp³-hybridized carbons (Fsp3) is 0.909. The predicted octanol–water partition coefficient (Wildman–Crippen LogP) is 2.09. The van der Waals surface area contributed by atoms with Gasteiger partial charge in [0.2, 0.25) is 0 Å². The van der Waals surface area contributed by atoms with Crippen molar-refractivity contribution < 1.29 is 19.0 Å². The van der Waals surface area contributed by atoms with E-state index < -0.39 is 5.79 Å². The SMILES string of the molecule is CCOC(=O)CC1CC(CCl)OC(C)(C)O1. The first-order valence-electron chi connectivity index (χ1n) is 5.54. The van der Waals surface area contributed by atoms with E-state index in [0.717, 1.165) is 0 Å². The monoisotopic (exact) mass is 250 g/mol. The van der Waals surface area contributed by atoms with E-state index in [0.29, 0.717) is 18.9 Å². The molecule has 1 saturated heterocycles. The van der Waals surface area contributed by atoms with E-state index in [1.807, 2.05) is 13.8 Å². The molecule has 0 amide bonds. The van der Waals surface area contributed by atoms with Gasteiger partial charge in [-0.15, -0.1) is 11.6 Å². The zero-order valence-corrected chi connectivity index (χ0v) is 10.8. The molecule has 0 aromatic rings. The van der Waals surface area contributed by atoms with E-state index in [4.69, 9.17) is 25.8 Å². The number of ether oxygens (including phenoxy) is 3. The Hall–Kier alpha value is -0.320. The number of rotatable bonds is 4. The molecule has 1 rings (SSSR count). The quantitative estimate of drug-likeness (QED) is 0.566. The third-order valence-corrected chi connectivity index (χ3v) is 2.64. The summed E-state index contributed by atoms with van der Waals surface area (Å²) in [7, 11) is 0. The molecule has 0 N–H and O–H groups in total. The summed E-state index contributed by atoms with van der Waals surface area (Å²) in [5, 5.41) is 0. The van der Waals surface area contributed by atoms with Crippen LogP contribution in [-0.4, -0.2) is 36.5 Å². The fourth-order valence-corrected chi connectivity index (χ4v) is 2.03. The Bertz CT molecular complexity index is 242. The van der Waals surface area contributed by atoms with Gasteiger partial charge in [0.25, 0.3) is 0 Å². The molecule has 0 aromatic carbocycles. The summed E-state index contributed by atoms with van der Waals surface area (Å²) in [6.45, 7) is 5.83. The van der Waals surface area contributed by atoms with Gasteiger partial charge < -0.3 is 14.2 Å². The Morgan fingerprint density at radius 1 is 1.44 bits per heavy atom. The number of carbonyl (C=O) groups is 1. The zero-order chi connectivity index (χ0) is 12.2. The summed E-state index contributed by atoms with van der Waals surface area (Å²) in [5.41, 5.74) is 0. The highest BCUT2D eigenvalue weighted by molar-refractivity contribution is 6.18. The van der Waals surface area contributed by atoms with Gasteiger partial charge in [0.05, 0.1) is 25.2 Å². The van der Waals surface area contributed by atoms with Crippen molar-refractivity contribution in [1.82, 2.24) is 0 Å². The average molecular weight is 251 g/mol. The van der Waals surface area contributed by atoms with Crippen molar-refractivity contribution in [1.29, 1.82) is 0 Å². The standard InChI is InChI=1S/C11H19ClO4/c1-4-14-10(13)6-8-5-9(7-12)16-11(2,3)15-8/h8-9H,4-7H2,1-3H3. The average Bonchev–Trinajstić information content (AvgIpc) is 2.15. The summed E-state index contributed by atoms with van der Waals surface area (Å²) in [5.74, 6) is -0.514. The lowest BCUT2D eigenvalue weighted by atomic mass is 10.1. The van der Waals surface area contributed by atoms with Crippen LogP contribution in [0.3, 0.4) is 0 Å². The number of hydrogen-bond donors (Lipinski definition) is 0. The molecule has 5 heteroatoms. The molecule has 94 valence electrons. The topological polar surface area (TPSA) is 44.8 Å². The number of halogens is 1. The van der Waals surface area contributed by atoms with Gasteiger partial charge in [0, 0.05) is 12.3 Å². The second-order valence-corrected chi connectivity index (χ2v) is 4.59. The second-order valence-electron chi connectivity index (χ2n) is 4.28. The molecule has 0 spiro atoms. The maximum Gasteiger partial charge on any atom is 0.308 e. The highest BCUT2D eigenvalue weighted by Gasteiger charge is 2.36. The molecule has 1 heterocycles. The van der Waals surface area contributed by atoms with Gasteiger partial charge in [-0.05, 0) is 20.8 Å². The Kier molecular flexibility index (Phi) is 5.02. The molecule has 0 aromatic heterocycles. The molecule has 0 bridgehead atoms. The number of carbonyl (C=O) groups excluding carboxylic acids is 1. The van der Waals surface area contributed by atoms with Crippen LogP contribution in [0.25, 0.3) is 0 Å². The molecule has 0 saturated carbocycles. The lowest BCUT2D eigenvalue weighted by Crippen LogP contribution is -2.46. The first-order chi connectivity index (χ1) is 7.46. The van der Waals surface area contributed by atoms with Crippen molar-refractivity contribution in [2.24, 2.45) is 0 Å². The van der Waals surface area contributed by atoms with Crippen LogP contribution in [0.1, 0.15) is 33.6 Å². The third-order valence-electron chi connectivity index (χ3n) is 2.30. The van der Waals surface area contributed by atoms with Gasteiger partial charge in [0.1, 0.15) is 0 Å². The Balaban J connectivity index is 2.50. The largest absolute Gasteiger partial charge is 0.466 e. The molecule has 2 atom stereocenters. The van der Waals surface area contributed by atoms with Crippen molar-refractivity contribution >= 4 is 17.6 Å². The Labute approximate surface area is 101 Å².